The van der Waals surface area contributed by atoms with E-state index in [9.17, 15) is 13.4 Å². The molecule has 1 amide bonds. The molecule has 3 nitrogen and oxygen atoms in total. The number of anilines is 1. The molecule has 2 aromatic rings. The Morgan fingerprint density at radius 3 is 2.30 bits per heavy atom. The van der Waals surface area contributed by atoms with Crippen LogP contribution in [0.4, 0.5) is 10.1 Å². The van der Waals surface area contributed by atoms with E-state index in [1.54, 1.807) is 12.1 Å². The molecule has 1 unspecified atom stereocenters. The van der Waals surface area contributed by atoms with Gasteiger partial charge in [0.15, 0.2) is 0 Å². The van der Waals surface area contributed by atoms with Crippen molar-refractivity contribution in [2.75, 3.05) is 11.1 Å². The highest BCUT2D eigenvalue weighted by atomic mass is 32.2. The lowest BCUT2D eigenvalue weighted by Crippen LogP contribution is -2.19. The molecule has 104 valence electrons. The molecule has 0 aliphatic carbocycles. The fourth-order valence-electron chi connectivity index (χ4n) is 1.62. The van der Waals surface area contributed by atoms with Crippen LogP contribution < -0.4 is 5.32 Å². The maximum atomic E-state index is 12.8. The van der Waals surface area contributed by atoms with Gasteiger partial charge in [-0.25, -0.2) is 4.39 Å². The molecule has 0 aromatic heterocycles. The number of hydrogen-bond donors (Lipinski definition) is 1. The van der Waals surface area contributed by atoms with Gasteiger partial charge >= 0.3 is 0 Å². The van der Waals surface area contributed by atoms with E-state index < -0.39 is 16.6 Å². The minimum absolute atomic E-state index is 0.153. The number of rotatable bonds is 4. The standard InChI is InChI=1S/C15H14FNO2S/c1-11-2-6-13(7-3-11)17-15(18)10-20(19)14-8-4-12(16)5-9-14/h2-9H,10H2,1H3,(H,17,18). The quantitative estimate of drug-likeness (QED) is 0.941. The van der Waals surface area contributed by atoms with E-state index in [4.69, 9.17) is 0 Å². The Kier molecular flexibility index (Phi) is 4.63. The second kappa shape index (κ2) is 6.43. The lowest BCUT2D eigenvalue weighted by atomic mass is 10.2. The van der Waals surface area contributed by atoms with Crippen LogP contribution in [0.25, 0.3) is 0 Å². The van der Waals surface area contributed by atoms with Crippen molar-refractivity contribution < 1.29 is 13.4 Å². The van der Waals surface area contributed by atoms with Crippen molar-refractivity contribution in [3.8, 4) is 0 Å². The third-order valence-electron chi connectivity index (χ3n) is 2.67. The predicted molar refractivity (Wildman–Crippen MR) is 77.5 cm³/mol. The fourth-order valence-corrected chi connectivity index (χ4v) is 2.54. The molecular formula is C15H14FNO2S. The minimum Gasteiger partial charge on any atom is -0.325 e. The third-order valence-corrected chi connectivity index (χ3v) is 4.00. The first kappa shape index (κ1) is 14.4. The van der Waals surface area contributed by atoms with Crippen LogP contribution in [0.3, 0.4) is 0 Å². The first-order valence-corrected chi connectivity index (χ1v) is 7.37. The molecule has 1 atom stereocenters. The lowest BCUT2D eigenvalue weighted by Gasteiger charge is -2.06. The highest BCUT2D eigenvalue weighted by molar-refractivity contribution is 7.85. The van der Waals surface area contributed by atoms with Gasteiger partial charge in [-0.05, 0) is 43.3 Å². The Labute approximate surface area is 119 Å². The van der Waals surface area contributed by atoms with Crippen LogP contribution in [-0.2, 0) is 15.6 Å². The van der Waals surface area contributed by atoms with Gasteiger partial charge in [-0.3, -0.25) is 9.00 Å². The molecule has 0 spiro atoms. The molecule has 2 aromatic carbocycles. The summed E-state index contributed by atoms with van der Waals surface area (Å²) in [4.78, 5) is 12.2. The molecular weight excluding hydrogens is 277 g/mol. The van der Waals surface area contributed by atoms with Crippen molar-refractivity contribution in [1.82, 2.24) is 0 Å². The predicted octanol–water partition coefficient (Wildman–Crippen LogP) is 2.88. The van der Waals surface area contributed by atoms with Gasteiger partial charge in [0.2, 0.25) is 5.91 Å². The summed E-state index contributed by atoms with van der Waals surface area (Å²) < 4.78 is 24.7. The average molecular weight is 291 g/mol. The van der Waals surface area contributed by atoms with Crippen LogP contribution >= 0.6 is 0 Å². The van der Waals surface area contributed by atoms with Crippen LogP contribution in [0.15, 0.2) is 53.4 Å². The number of aryl methyl sites for hydroxylation is 1. The van der Waals surface area contributed by atoms with Crippen molar-refractivity contribution in [3.63, 3.8) is 0 Å². The maximum absolute atomic E-state index is 12.8. The highest BCUT2D eigenvalue weighted by Crippen LogP contribution is 2.11. The van der Waals surface area contributed by atoms with Gasteiger partial charge in [0.25, 0.3) is 0 Å². The van der Waals surface area contributed by atoms with E-state index in [-0.39, 0.29) is 11.7 Å². The zero-order valence-electron chi connectivity index (χ0n) is 10.9. The van der Waals surface area contributed by atoms with E-state index >= 15 is 0 Å². The smallest absolute Gasteiger partial charge is 0.237 e. The first-order valence-electron chi connectivity index (χ1n) is 6.05. The number of benzene rings is 2. The molecule has 0 fully saturated rings. The van der Waals surface area contributed by atoms with Crippen LogP contribution in [0, 0.1) is 12.7 Å². The Balaban J connectivity index is 1.95. The van der Waals surface area contributed by atoms with Gasteiger partial charge in [-0.15, -0.1) is 0 Å². The average Bonchev–Trinajstić information content (AvgIpc) is 2.42. The Morgan fingerprint density at radius 1 is 1.10 bits per heavy atom. The van der Waals surface area contributed by atoms with Gasteiger partial charge < -0.3 is 5.32 Å². The second-order valence-electron chi connectivity index (χ2n) is 4.36. The van der Waals surface area contributed by atoms with E-state index in [1.807, 2.05) is 19.1 Å². The topological polar surface area (TPSA) is 46.2 Å². The van der Waals surface area contributed by atoms with Crippen molar-refractivity contribution in [2.45, 2.75) is 11.8 Å². The molecule has 0 radical (unpaired) electrons. The van der Waals surface area contributed by atoms with E-state index in [0.717, 1.165) is 5.56 Å². The number of amides is 1. The van der Waals surface area contributed by atoms with E-state index in [0.29, 0.717) is 10.6 Å². The van der Waals surface area contributed by atoms with Gasteiger partial charge in [-0.2, -0.15) is 0 Å². The SMILES string of the molecule is Cc1ccc(NC(=O)CS(=O)c2ccc(F)cc2)cc1. The van der Waals surface area contributed by atoms with E-state index in [2.05, 4.69) is 5.32 Å². The summed E-state index contributed by atoms with van der Waals surface area (Å²) in [6.07, 6.45) is 0. The number of halogens is 1. The number of carbonyl (C=O) groups excluding carboxylic acids is 1. The van der Waals surface area contributed by atoms with Crippen molar-refractivity contribution in [3.05, 3.63) is 59.9 Å². The normalized spacial score (nSPS) is 11.9. The zero-order chi connectivity index (χ0) is 14.5. The largest absolute Gasteiger partial charge is 0.325 e. The fraction of sp³-hybridized carbons (Fsp3) is 0.133. The summed E-state index contributed by atoms with van der Waals surface area (Å²) in [5, 5.41) is 2.68. The maximum Gasteiger partial charge on any atom is 0.237 e. The summed E-state index contributed by atoms with van der Waals surface area (Å²) in [6, 6.07) is 12.6. The number of carbonyl (C=O) groups is 1. The van der Waals surface area contributed by atoms with Crippen LogP contribution in [-0.4, -0.2) is 15.9 Å². The van der Waals surface area contributed by atoms with Gasteiger partial charge in [0.1, 0.15) is 11.6 Å². The number of hydrogen-bond acceptors (Lipinski definition) is 2. The minimum atomic E-state index is -1.48. The van der Waals surface area contributed by atoms with Crippen LogP contribution in [0.2, 0.25) is 0 Å². The molecule has 1 N–H and O–H groups in total. The molecule has 20 heavy (non-hydrogen) atoms. The van der Waals surface area contributed by atoms with Crippen LogP contribution in [0.5, 0.6) is 0 Å². The van der Waals surface area contributed by atoms with E-state index in [1.165, 1.54) is 24.3 Å². The first-order chi connectivity index (χ1) is 9.54. The molecule has 0 saturated carbocycles. The molecule has 0 aliphatic rings. The van der Waals surface area contributed by atoms with Gasteiger partial charge in [0, 0.05) is 10.6 Å². The van der Waals surface area contributed by atoms with Crippen LogP contribution in [0.1, 0.15) is 5.56 Å². The summed E-state index contributed by atoms with van der Waals surface area (Å²) in [5.74, 6) is -0.883. The summed E-state index contributed by atoms with van der Waals surface area (Å²) >= 11 is 0. The van der Waals surface area contributed by atoms with Gasteiger partial charge in [-0.1, -0.05) is 17.7 Å². The lowest BCUT2D eigenvalue weighted by molar-refractivity contribution is -0.113. The van der Waals surface area contributed by atoms with Gasteiger partial charge in [0.05, 0.1) is 10.8 Å². The Hall–Kier alpha value is -2.01. The third kappa shape index (κ3) is 3.99. The zero-order valence-corrected chi connectivity index (χ0v) is 11.7. The monoisotopic (exact) mass is 291 g/mol. The molecule has 0 heterocycles. The Morgan fingerprint density at radius 2 is 1.70 bits per heavy atom. The number of nitrogens with one attached hydrogen (secondary N) is 1. The van der Waals surface area contributed by atoms with Crippen molar-refractivity contribution in [2.24, 2.45) is 0 Å². The summed E-state index contributed by atoms with van der Waals surface area (Å²) in [5.41, 5.74) is 1.76. The molecule has 2 rings (SSSR count). The summed E-state index contributed by atoms with van der Waals surface area (Å²) in [7, 11) is -1.48. The Bertz CT molecular complexity index is 623. The molecule has 5 heteroatoms. The van der Waals surface area contributed by atoms with Crippen molar-refractivity contribution in [1.29, 1.82) is 0 Å². The highest BCUT2D eigenvalue weighted by Gasteiger charge is 2.10. The molecule has 0 aliphatic heterocycles. The summed E-state index contributed by atoms with van der Waals surface area (Å²) in [6.45, 7) is 1.95. The second-order valence-corrected chi connectivity index (χ2v) is 5.81. The molecule has 0 saturated heterocycles. The molecule has 0 bridgehead atoms. The van der Waals surface area contributed by atoms with Crippen molar-refractivity contribution >= 4 is 22.4 Å².